The van der Waals surface area contributed by atoms with E-state index in [2.05, 4.69) is 4.98 Å². The summed E-state index contributed by atoms with van der Waals surface area (Å²) in [6, 6.07) is 13.7. The highest BCUT2D eigenvalue weighted by atomic mass is 16.1. The lowest BCUT2D eigenvalue weighted by atomic mass is 9.82. The molecule has 0 atom stereocenters. The maximum absolute atomic E-state index is 12.8. The van der Waals surface area contributed by atoms with Gasteiger partial charge in [0.2, 0.25) is 0 Å². The van der Waals surface area contributed by atoms with Gasteiger partial charge in [-0.25, -0.2) is 0 Å². The van der Waals surface area contributed by atoms with Gasteiger partial charge in [-0.3, -0.25) is 9.78 Å². The second-order valence-corrected chi connectivity index (χ2v) is 5.46. The minimum atomic E-state index is 0.202. The van der Waals surface area contributed by atoms with E-state index in [1.807, 2.05) is 42.5 Å². The Hall–Kier alpha value is -1.96. The first-order valence-electron chi connectivity index (χ1n) is 7.41. The molecule has 0 radical (unpaired) electrons. The van der Waals surface area contributed by atoms with Crippen LogP contribution in [0.2, 0.25) is 0 Å². The number of hydrogen-bond donors (Lipinski definition) is 0. The minimum absolute atomic E-state index is 0.202. The van der Waals surface area contributed by atoms with Gasteiger partial charge in [-0.05, 0) is 25.0 Å². The van der Waals surface area contributed by atoms with Gasteiger partial charge in [0, 0.05) is 23.2 Å². The molecule has 1 heterocycles. The Labute approximate surface area is 119 Å². The third-order valence-corrected chi connectivity index (χ3v) is 4.11. The van der Waals surface area contributed by atoms with E-state index in [4.69, 9.17) is 0 Å². The van der Waals surface area contributed by atoms with Gasteiger partial charge in [-0.1, -0.05) is 49.6 Å². The number of nitrogens with zero attached hydrogens (tertiary/aromatic N) is 1. The molecule has 1 aliphatic rings. The third-order valence-electron chi connectivity index (χ3n) is 4.11. The summed E-state index contributed by atoms with van der Waals surface area (Å²) in [6.45, 7) is 0. The molecule has 0 N–H and O–H groups in total. The fraction of sp³-hybridized carbons (Fsp3) is 0.333. The van der Waals surface area contributed by atoms with E-state index in [0.29, 0.717) is 5.78 Å². The van der Waals surface area contributed by atoms with Crippen LogP contribution in [0, 0.1) is 5.92 Å². The Morgan fingerprint density at radius 1 is 0.950 bits per heavy atom. The van der Waals surface area contributed by atoms with E-state index in [0.717, 1.165) is 29.7 Å². The molecule has 2 nitrogen and oxygen atoms in total. The van der Waals surface area contributed by atoms with Crippen LogP contribution in [0.1, 0.15) is 42.5 Å². The van der Waals surface area contributed by atoms with Crippen LogP contribution in [0.5, 0.6) is 0 Å². The number of pyridine rings is 1. The zero-order valence-corrected chi connectivity index (χ0v) is 11.6. The van der Waals surface area contributed by atoms with Crippen molar-refractivity contribution in [2.75, 3.05) is 0 Å². The summed E-state index contributed by atoms with van der Waals surface area (Å²) in [5.41, 5.74) is 2.68. The molecule has 20 heavy (non-hydrogen) atoms. The number of aromatic nitrogens is 1. The Kier molecular flexibility index (Phi) is 3.91. The number of hydrogen-bond acceptors (Lipinski definition) is 2. The lowest BCUT2D eigenvalue weighted by molar-refractivity contribution is 0.0890. The van der Waals surface area contributed by atoms with Crippen LogP contribution in [0.15, 0.2) is 48.7 Å². The second-order valence-electron chi connectivity index (χ2n) is 5.46. The highest BCUT2D eigenvalue weighted by Gasteiger charge is 2.24. The molecule has 0 aliphatic heterocycles. The van der Waals surface area contributed by atoms with Crippen LogP contribution >= 0.6 is 0 Å². The lowest BCUT2D eigenvalue weighted by Crippen LogP contribution is -2.18. The molecule has 0 saturated heterocycles. The number of benzene rings is 1. The number of Topliss-reactive ketones (excluding diaryl/α,β-unsaturated/α-hetero) is 1. The van der Waals surface area contributed by atoms with Crippen molar-refractivity contribution >= 4 is 5.78 Å². The molecular weight excluding hydrogens is 246 g/mol. The van der Waals surface area contributed by atoms with Gasteiger partial charge in [0.25, 0.3) is 0 Å². The summed E-state index contributed by atoms with van der Waals surface area (Å²) in [7, 11) is 0. The molecule has 0 amide bonds. The molecule has 0 bridgehead atoms. The molecule has 1 aromatic carbocycles. The van der Waals surface area contributed by atoms with Crippen molar-refractivity contribution in [3.8, 4) is 11.3 Å². The average molecular weight is 265 g/mol. The van der Waals surface area contributed by atoms with E-state index < -0.39 is 0 Å². The van der Waals surface area contributed by atoms with Crippen molar-refractivity contribution in [3.63, 3.8) is 0 Å². The first-order chi connectivity index (χ1) is 9.86. The molecule has 0 spiro atoms. The van der Waals surface area contributed by atoms with Crippen LogP contribution in [0.4, 0.5) is 0 Å². The van der Waals surface area contributed by atoms with Gasteiger partial charge in [0.1, 0.15) is 0 Å². The summed E-state index contributed by atoms with van der Waals surface area (Å²) < 4.78 is 0. The van der Waals surface area contributed by atoms with Crippen molar-refractivity contribution in [2.45, 2.75) is 32.1 Å². The Bertz CT molecular complexity index is 585. The predicted octanol–water partition coefficient (Wildman–Crippen LogP) is 4.51. The fourth-order valence-corrected chi connectivity index (χ4v) is 3.03. The maximum Gasteiger partial charge on any atom is 0.166 e. The molecule has 2 heteroatoms. The smallest absolute Gasteiger partial charge is 0.166 e. The molecule has 1 saturated carbocycles. The Morgan fingerprint density at radius 2 is 1.70 bits per heavy atom. The highest BCUT2D eigenvalue weighted by molar-refractivity contribution is 6.03. The summed E-state index contributed by atoms with van der Waals surface area (Å²) >= 11 is 0. The number of carbonyl (C=O) groups excluding carboxylic acids is 1. The normalized spacial score (nSPS) is 16.0. The molecule has 1 aromatic heterocycles. The number of rotatable bonds is 3. The van der Waals surface area contributed by atoms with Crippen LogP contribution in [-0.4, -0.2) is 10.8 Å². The van der Waals surface area contributed by atoms with Crippen molar-refractivity contribution in [3.05, 3.63) is 54.2 Å². The van der Waals surface area contributed by atoms with E-state index in [9.17, 15) is 4.79 Å². The van der Waals surface area contributed by atoms with Gasteiger partial charge < -0.3 is 0 Å². The molecule has 3 rings (SSSR count). The number of ketones is 1. The fourth-order valence-electron chi connectivity index (χ4n) is 3.03. The Morgan fingerprint density at radius 3 is 2.45 bits per heavy atom. The quantitative estimate of drug-likeness (QED) is 0.764. The molecular formula is C18H19NO. The second kappa shape index (κ2) is 6.00. The summed E-state index contributed by atoms with van der Waals surface area (Å²) in [5, 5.41) is 0. The van der Waals surface area contributed by atoms with Gasteiger partial charge in [-0.2, -0.15) is 0 Å². The van der Waals surface area contributed by atoms with Gasteiger partial charge in [0.15, 0.2) is 5.78 Å². The molecule has 1 aliphatic carbocycles. The largest absolute Gasteiger partial charge is 0.294 e. The molecule has 0 unspecified atom stereocenters. The van der Waals surface area contributed by atoms with Crippen LogP contribution in [-0.2, 0) is 0 Å². The summed E-state index contributed by atoms with van der Waals surface area (Å²) in [4.78, 5) is 17.2. The standard InChI is InChI=1S/C18H19NO/c20-18(14-8-2-1-3-9-14)16-11-5-4-10-15(16)17-12-6-7-13-19-17/h4-7,10-14H,1-3,8-9H2. The number of carbonyl (C=O) groups is 1. The van der Waals surface area contributed by atoms with E-state index >= 15 is 0 Å². The molecule has 1 fully saturated rings. The topological polar surface area (TPSA) is 30.0 Å². The van der Waals surface area contributed by atoms with Crippen LogP contribution < -0.4 is 0 Å². The zero-order valence-electron chi connectivity index (χ0n) is 11.6. The first kappa shape index (κ1) is 13.0. The van der Waals surface area contributed by atoms with Gasteiger partial charge in [0.05, 0.1) is 5.69 Å². The predicted molar refractivity (Wildman–Crippen MR) is 80.6 cm³/mol. The third kappa shape index (κ3) is 2.64. The van der Waals surface area contributed by atoms with E-state index in [-0.39, 0.29) is 5.92 Å². The minimum Gasteiger partial charge on any atom is -0.294 e. The van der Waals surface area contributed by atoms with Crippen LogP contribution in [0.25, 0.3) is 11.3 Å². The van der Waals surface area contributed by atoms with Crippen molar-refractivity contribution in [2.24, 2.45) is 5.92 Å². The zero-order chi connectivity index (χ0) is 13.8. The van der Waals surface area contributed by atoms with Crippen molar-refractivity contribution in [1.82, 2.24) is 4.98 Å². The van der Waals surface area contributed by atoms with Gasteiger partial charge >= 0.3 is 0 Å². The monoisotopic (exact) mass is 265 g/mol. The van der Waals surface area contributed by atoms with Crippen molar-refractivity contribution < 1.29 is 4.79 Å². The maximum atomic E-state index is 12.8. The van der Waals surface area contributed by atoms with Gasteiger partial charge in [-0.15, -0.1) is 0 Å². The SMILES string of the molecule is O=C(c1ccccc1-c1ccccn1)C1CCCCC1. The van der Waals surface area contributed by atoms with E-state index in [1.165, 1.54) is 19.3 Å². The summed E-state index contributed by atoms with van der Waals surface area (Å²) in [5.74, 6) is 0.500. The first-order valence-corrected chi connectivity index (χ1v) is 7.41. The van der Waals surface area contributed by atoms with E-state index in [1.54, 1.807) is 6.20 Å². The Balaban J connectivity index is 1.95. The summed E-state index contributed by atoms with van der Waals surface area (Å²) in [6.07, 6.45) is 7.48. The average Bonchev–Trinajstić information content (AvgIpc) is 2.56. The van der Waals surface area contributed by atoms with Crippen molar-refractivity contribution in [1.29, 1.82) is 0 Å². The highest BCUT2D eigenvalue weighted by Crippen LogP contribution is 2.30. The van der Waals surface area contributed by atoms with Crippen LogP contribution in [0.3, 0.4) is 0 Å². The molecule has 2 aromatic rings. The molecule has 102 valence electrons. The lowest BCUT2D eigenvalue weighted by Gasteiger charge is -2.21.